The van der Waals surface area contributed by atoms with Crippen LogP contribution < -0.4 is 10.6 Å². The normalized spacial score (nSPS) is 18.3. The molecule has 0 aliphatic carbocycles. The number of amidine groups is 1. The standard InChI is InChI=1S/C18H15ClN4O2S/c19-13-6-4-5-12(9-13)11-20-23-18-22-17(25)15(26-18)10-16(24)21-14-7-2-1-3-8-14/h1-9,11,15H,10H2,(H,21,24)(H,22,23,25). The van der Waals surface area contributed by atoms with Crippen molar-refractivity contribution in [1.82, 2.24) is 5.32 Å². The first kappa shape index (κ1) is 18.2. The van der Waals surface area contributed by atoms with Gasteiger partial charge in [-0.3, -0.25) is 9.59 Å². The van der Waals surface area contributed by atoms with Crippen molar-refractivity contribution in [3.8, 4) is 0 Å². The number of para-hydroxylation sites is 1. The molecule has 2 amide bonds. The Bertz CT molecular complexity index is 871. The van der Waals surface area contributed by atoms with E-state index in [0.717, 1.165) is 5.56 Å². The first-order valence-electron chi connectivity index (χ1n) is 7.79. The molecule has 2 aromatic carbocycles. The smallest absolute Gasteiger partial charge is 0.240 e. The number of anilines is 1. The van der Waals surface area contributed by atoms with Gasteiger partial charge in [-0.15, -0.1) is 5.10 Å². The molecule has 1 aliphatic rings. The molecule has 1 saturated heterocycles. The zero-order chi connectivity index (χ0) is 18.4. The number of thioether (sulfide) groups is 1. The minimum absolute atomic E-state index is 0.0580. The van der Waals surface area contributed by atoms with Gasteiger partial charge < -0.3 is 10.6 Å². The van der Waals surface area contributed by atoms with Crippen molar-refractivity contribution in [2.24, 2.45) is 10.2 Å². The van der Waals surface area contributed by atoms with Gasteiger partial charge in [0.1, 0.15) is 5.25 Å². The highest BCUT2D eigenvalue weighted by Crippen LogP contribution is 2.23. The molecule has 1 fully saturated rings. The lowest BCUT2D eigenvalue weighted by atomic mass is 10.2. The lowest BCUT2D eigenvalue weighted by Gasteiger charge is -2.06. The second kappa shape index (κ2) is 8.64. The van der Waals surface area contributed by atoms with E-state index in [1.54, 1.807) is 30.5 Å². The third-order valence-corrected chi connectivity index (χ3v) is 4.72. The van der Waals surface area contributed by atoms with E-state index in [4.69, 9.17) is 11.6 Å². The van der Waals surface area contributed by atoms with E-state index in [1.807, 2.05) is 30.3 Å². The third-order valence-electron chi connectivity index (χ3n) is 3.41. The predicted octanol–water partition coefficient (Wildman–Crippen LogP) is 3.29. The number of halogens is 1. The van der Waals surface area contributed by atoms with Crippen molar-refractivity contribution in [2.75, 3.05) is 5.32 Å². The first-order valence-corrected chi connectivity index (χ1v) is 9.05. The minimum Gasteiger partial charge on any atom is -0.326 e. The molecule has 1 aliphatic heterocycles. The summed E-state index contributed by atoms with van der Waals surface area (Å²) in [5.41, 5.74) is 1.50. The topological polar surface area (TPSA) is 82.9 Å². The zero-order valence-electron chi connectivity index (χ0n) is 13.6. The number of benzene rings is 2. The fourth-order valence-electron chi connectivity index (χ4n) is 2.22. The van der Waals surface area contributed by atoms with Crippen LogP contribution in [0, 0.1) is 0 Å². The summed E-state index contributed by atoms with van der Waals surface area (Å²) < 4.78 is 0. The van der Waals surface area contributed by atoms with Crippen LogP contribution in [0.4, 0.5) is 5.69 Å². The average Bonchev–Trinajstić information content (AvgIpc) is 2.95. The van der Waals surface area contributed by atoms with Gasteiger partial charge in [-0.1, -0.05) is 53.7 Å². The number of carbonyl (C=O) groups is 2. The summed E-state index contributed by atoms with van der Waals surface area (Å²) in [6.45, 7) is 0. The summed E-state index contributed by atoms with van der Waals surface area (Å²) in [5, 5.41) is 13.8. The summed E-state index contributed by atoms with van der Waals surface area (Å²) in [7, 11) is 0. The van der Waals surface area contributed by atoms with Crippen molar-refractivity contribution in [3.05, 3.63) is 65.2 Å². The highest BCUT2D eigenvalue weighted by molar-refractivity contribution is 8.15. The Hall–Kier alpha value is -2.64. The molecule has 0 radical (unpaired) electrons. The monoisotopic (exact) mass is 386 g/mol. The Balaban J connectivity index is 1.55. The number of nitrogens with one attached hydrogen (secondary N) is 2. The molecule has 3 rings (SSSR count). The number of nitrogens with zero attached hydrogens (tertiary/aromatic N) is 2. The maximum Gasteiger partial charge on any atom is 0.240 e. The lowest BCUT2D eigenvalue weighted by molar-refractivity contribution is -0.122. The molecule has 0 spiro atoms. The van der Waals surface area contributed by atoms with Gasteiger partial charge >= 0.3 is 0 Å². The van der Waals surface area contributed by atoms with Crippen molar-refractivity contribution in [1.29, 1.82) is 0 Å². The van der Waals surface area contributed by atoms with Crippen LogP contribution in [0.25, 0.3) is 0 Å². The van der Waals surface area contributed by atoms with E-state index in [0.29, 0.717) is 15.9 Å². The van der Waals surface area contributed by atoms with Crippen molar-refractivity contribution in [3.63, 3.8) is 0 Å². The van der Waals surface area contributed by atoms with Crippen LogP contribution >= 0.6 is 23.4 Å². The van der Waals surface area contributed by atoms with Crippen molar-refractivity contribution in [2.45, 2.75) is 11.7 Å². The summed E-state index contributed by atoms with van der Waals surface area (Å²) in [6, 6.07) is 16.3. The molecular formula is C18H15ClN4O2S. The van der Waals surface area contributed by atoms with E-state index in [2.05, 4.69) is 20.8 Å². The molecular weight excluding hydrogens is 372 g/mol. The minimum atomic E-state index is -0.529. The van der Waals surface area contributed by atoms with Crippen LogP contribution in [0.2, 0.25) is 5.02 Å². The van der Waals surface area contributed by atoms with E-state index in [9.17, 15) is 9.59 Å². The van der Waals surface area contributed by atoms with Crippen LogP contribution in [0.1, 0.15) is 12.0 Å². The Morgan fingerprint density at radius 2 is 2.04 bits per heavy atom. The van der Waals surface area contributed by atoms with Crippen LogP contribution in [0.15, 0.2) is 64.8 Å². The third kappa shape index (κ3) is 5.18. The van der Waals surface area contributed by atoms with Crippen LogP contribution in [0.5, 0.6) is 0 Å². The molecule has 6 nitrogen and oxygen atoms in total. The molecule has 2 N–H and O–H groups in total. The van der Waals surface area contributed by atoms with Crippen molar-refractivity contribution < 1.29 is 9.59 Å². The molecule has 0 saturated carbocycles. The molecule has 1 unspecified atom stereocenters. The molecule has 8 heteroatoms. The second-order valence-electron chi connectivity index (χ2n) is 5.42. The fourth-order valence-corrected chi connectivity index (χ4v) is 3.35. The van der Waals surface area contributed by atoms with Gasteiger partial charge in [-0.05, 0) is 29.8 Å². The highest BCUT2D eigenvalue weighted by Gasteiger charge is 2.32. The average molecular weight is 387 g/mol. The number of hydrogen-bond acceptors (Lipinski definition) is 5. The van der Waals surface area contributed by atoms with Gasteiger partial charge in [0.15, 0.2) is 5.17 Å². The first-order chi connectivity index (χ1) is 12.6. The van der Waals surface area contributed by atoms with Crippen molar-refractivity contribution >= 4 is 52.2 Å². The number of carbonyl (C=O) groups excluding carboxylic acids is 2. The summed E-state index contributed by atoms with van der Waals surface area (Å²) in [6.07, 6.45) is 1.60. The van der Waals surface area contributed by atoms with Gasteiger partial charge in [0.25, 0.3) is 0 Å². The van der Waals surface area contributed by atoms with Gasteiger partial charge in [-0.25, -0.2) is 0 Å². The van der Waals surface area contributed by atoms with Gasteiger partial charge in [0, 0.05) is 17.1 Å². The molecule has 0 bridgehead atoms. The number of hydrogen-bond donors (Lipinski definition) is 2. The number of amides is 2. The maximum absolute atomic E-state index is 12.1. The largest absolute Gasteiger partial charge is 0.326 e. The van der Waals surface area contributed by atoms with E-state index in [1.165, 1.54) is 11.8 Å². The molecule has 1 atom stereocenters. The fraction of sp³-hybridized carbons (Fsp3) is 0.111. The Kier molecular flexibility index (Phi) is 6.04. The Morgan fingerprint density at radius 3 is 2.81 bits per heavy atom. The Labute approximate surface area is 159 Å². The quantitative estimate of drug-likeness (QED) is 0.611. The van der Waals surface area contributed by atoms with Gasteiger partial charge in [0.2, 0.25) is 11.8 Å². The molecule has 0 aromatic heterocycles. The lowest BCUT2D eigenvalue weighted by Crippen LogP contribution is -2.28. The predicted molar refractivity (Wildman–Crippen MR) is 106 cm³/mol. The van der Waals surface area contributed by atoms with Gasteiger partial charge in [-0.2, -0.15) is 5.10 Å². The van der Waals surface area contributed by atoms with E-state index >= 15 is 0 Å². The summed E-state index contributed by atoms with van der Waals surface area (Å²) in [4.78, 5) is 24.1. The molecule has 26 heavy (non-hydrogen) atoms. The SMILES string of the molecule is O=C(CC1S/C(=N/N=Cc2cccc(Cl)c2)NC1=O)Nc1ccccc1. The second-order valence-corrected chi connectivity index (χ2v) is 7.05. The summed E-state index contributed by atoms with van der Waals surface area (Å²) >= 11 is 7.08. The van der Waals surface area contributed by atoms with Gasteiger partial charge in [0.05, 0.1) is 6.21 Å². The summed E-state index contributed by atoms with van der Waals surface area (Å²) in [5.74, 6) is -0.484. The highest BCUT2D eigenvalue weighted by atomic mass is 35.5. The molecule has 2 aromatic rings. The number of rotatable bonds is 5. The van der Waals surface area contributed by atoms with Crippen LogP contribution in [-0.2, 0) is 9.59 Å². The Morgan fingerprint density at radius 1 is 1.23 bits per heavy atom. The zero-order valence-corrected chi connectivity index (χ0v) is 15.1. The maximum atomic E-state index is 12.1. The molecule has 132 valence electrons. The van der Waals surface area contributed by atoms with Crippen LogP contribution in [0.3, 0.4) is 0 Å². The van der Waals surface area contributed by atoms with E-state index in [-0.39, 0.29) is 18.2 Å². The van der Waals surface area contributed by atoms with Crippen LogP contribution in [-0.4, -0.2) is 28.4 Å². The molecule has 1 heterocycles. The van der Waals surface area contributed by atoms with E-state index < -0.39 is 5.25 Å².